The minimum absolute atomic E-state index is 0.296. The minimum atomic E-state index is -0.296. The number of halogens is 1. The zero-order valence-electron chi connectivity index (χ0n) is 18.8. The molecule has 1 fully saturated rings. The van der Waals surface area contributed by atoms with Gasteiger partial charge in [0.05, 0.1) is 12.7 Å². The number of nitrogens with one attached hydrogen (secondary N) is 1. The average molecular weight is 465 g/mol. The van der Waals surface area contributed by atoms with Gasteiger partial charge in [0.25, 0.3) is 0 Å². The van der Waals surface area contributed by atoms with E-state index in [0.29, 0.717) is 16.5 Å². The van der Waals surface area contributed by atoms with Gasteiger partial charge in [-0.2, -0.15) is 0 Å². The lowest BCUT2D eigenvalue weighted by molar-refractivity contribution is 0.0600. The van der Waals surface area contributed by atoms with Crippen LogP contribution < -0.4 is 10.1 Å². The molecule has 3 aromatic rings. The fourth-order valence-electron chi connectivity index (χ4n) is 4.13. The summed E-state index contributed by atoms with van der Waals surface area (Å²) in [5.41, 5.74) is 2.90. The van der Waals surface area contributed by atoms with E-state index in [2.05, 4.69) is 22.3 Å². The first-order chi connectivity index (χ1) is 16.1. The van der Waals surface area contributed by atoms with Crippen molar-refractivity contribution in [3.8, 4) is 11.5 Å². The van der Waals surface area contributed by atoms with Gasteiger partial charge in [-0.25, -0.2) is 4.79 Å². The van der Waals surface area contributed by atoms with Gasteiger partial charge in [-0.3, -0.25) is 4.90 Å². The number of hydrogen-bond donors (Lipinski definition) is 1. The van der Waals surface area contributed by atoms with E-state index in [1.165, 1.54) is 25.5 Å². The van der Waals surface area contributed by atoms with Crippen LogP contribution in [0, 0.1) is 5.92 Å². The highest BCUT2D eigenvalue weighted by atomic mass is 35.5. The molecule has 5 nitrogen and oxygen atoms in total. The van der Waals surface area contributed by atoms with Crippen molar-refractivity contribution in [3.63, 3.8) is 0 Å². The normalized spacial score (nSPS) is 16.2. The van der Waals surface area contributed by atoms with E-state index in [-0.39, 0.29) is 5.97 Å². The van der Waals surface area contributed by atoms with Crippen molar-refractivity contribution in [2.24, 2.45) is 5.92 Å². The predicted octanol–water partition coefficient (Wildman–Crippen LogP) is 6.24. The lowest BCUT2D eigenvalue weighted by Gasteiger charge is -2.33. The van der Waals surface area contributed by atoms with Gasteiger partial charge >= 0.3 is 5.97 Å². The Labute approximate surface area is 200 Å². The number of piperidine rings is 1. The van der Waals surface area contributed by atoms with Gasteiger partial charge in [-0.1, -0.05) is 23.7 Å². The van der Waals surface area contributed by atoms with Gasteiger partial charge in [0.15, 0.2) is 0 Å². The summed E-state index contributed by atoms with van der Waals surface area (Å²) in [7, 11) is 1.40. The molecule has 0 saturated carbocycles. The van der Waals surface area contributed by atoms with Gasteiger partial charge in [0.2, 0.25) is 0 Å². The predicted molar refractivity (Wildman–Crippen MR) is 132 cm³/mol. The monoisotopic (exact) mass is 464 g/mol. The van der Waals surface area contributed by atoms with Gasteiger partial charge in [-0.05, 0) is 91.5 Å². The Bertz CT molecular complexity index is 1040. The first-order valence-electron chi connectivity index (χ1n) is 11.3. The maximum atomic E-state index is 11.6. The van der Waals surface area contributed by atoms with E-state index >= 15 is 0 Å². The highest BCUT2D eigenvalue weighted by Gasteiger charge is 2.20. The number of carbonyl (C=O) groups is 1. The summed E-state index contributed by atoms with van der Waals surface area (Å²) in [6.07, 6.45) is 2.42. The summed E-state index contributed by atoms with van der Waals surface area (Å²) in [6, 6.07) is 23.1. The summed E-state index contributed by atoms with van der Waals surface area (Å²) < 4.78 is 10.6. The average Bonchev–Trinajstić information content (AvgIpc) is 2.85. The van der Waals surface area contributed by atoms with E-state index in [9.17, 15) is 4.79 Å². The van der Waals surface area contributed by atoms with Crippen LogP contribution in [0.25, 0.3) is 0 Å². The van der Waals surface area contributed by atoms with Crippen molar-refractivity contribution < 1.29 is 14.3 Å². The third kappa shape index (κ3) is 6.73. The second-order valence-corrected chi connectivity index (χ2v) is 8.83. The third-order valence-electron chi connectivity index (χ3n) is 5.88. The molecule has 172 valence electrons. The molecule has 1 aliphatic rings. The molecule has 0 aliphatic carbocycles. The highest BCUT2D eigenvalue weighted by molar-refractivity contribution is 6.30. The van der Waals surface area contributed by atoms with Crippen molar-refractivity contribution in [3.05, 3.63) is 88.9 Å². The van der Waals surface area contributed by atoms with E-state index < -0.39 is 0 Å². The second kappa shape index (κ2) is 11.2. The Morgan fingerprint density at radius 3 is 2.33 bits per heavy atom. The number of esters is 1. The number of ether oxygens (including phenoxy) is 2. The topological polar surface area (TPSA) is 50.8 Å². The molecule has 6 heteroatoms. The van der Waals surface area contributed by atoms with Crippen molar-refractivity contribution >= 4 is 23.3 Å². The van der Waals surface area contributed by atoms with Crippen molar-refractivity contribution in [1.82, 2.24) is 4.90 Å². The number of carbonyl (C=O) groups excluding carboxylic acids is 1. The van der Waals surface area contributed by atoms with Crippen LogP contribution in [0.5, 0.6) is 11.5 Å². The zero-order valence-corrected chi connectivity index (χ0v) is 19.6. The summed E-state index contributed by atoms with van der Waals surface area (Å²) in [6.45, 7) is 4.00. The van der Waals surface area contributed by atoms with Crippen LogP contribution in [-0.4, -0.2) is 37.6 Å². The van der Waals surface area contributed by atoms with Gasteiger partial charge < -0.3 is 14.8 Å². The Hall–Kier alpha value is -3.02. The molecule has 1 aliphatic heterocycles. The molecular weight excluding hydrogens is 436 g/mol. The van der Waals surface area contributed by atoms with E-state index in [1.807, 2.05) is 60.7 Å². The number of hydrogen-bond acceptors (Lipinski definition) is 5. The summed E-state index contributed by atoms with van der Waals surface area (Å²) >= 11 is 5.92. The van der Waals surface area contributed by atoms with Crippen molar-refractivity contribution in [2.45, 2.75) is 19.4 Å². The third-order valence-corrected chi connectivity index (χ3v) is 6.13. The molecule has 1 saturated heterocycles. The number of methoxy groups -OCH3 is 1. The van der Waals surface area contributed by atoms with Crippen LogP contribution in [0.15, 0.2) is 72.8 Å². The second-order valence-electron chi connectivity index (χ2n) is 8.39. The number of nitrogens with zero attached hydrogens (tertiary/aromatic N) is 1. The van der Waals surface area contributed by atoms with Crippen LogP contribution in [0.3, 0.4) is 0 Å². The van der Waals surface area contributed by atoms with Crippen molar-refractivity contribution in [2.75, 3.05) is 32.1 Å². The summed E-state index contributed by atoms with van der Waals surface area (Å²) in [4.78, 5) is 14.1. The molecule has 4 rings (SSSR count). The smallest absolute Gasteiger partial charge is 0.337 e. The molecule has 0 spiro atoms. The molecule has 0 bridgehead atoms. The number of likely N-dealkylation sites (tertiary alicyclic amines) is 1. The Morgan fingerprint density at radius 2 is 1.67 bits per heavy atom. The molecular formula is C27H29ClN2O3. The molecule has 0 aromatic heterocycles. The lowest BCUT2D eigenvalue weighted by atomic mass is 9.97. The standard InChI is InChI=1S/C27H29ClN2O3/c1-32-27(31)22-6-4-20(5-7-22)18-30-16-2-3-21(19-30)17-29-24-10-14-26(15-11-24)33-25-12-8-23(28)9-13-25/h4-15,21,29H,2-3,16-19H2,1H3. The van der Waals surface area contributed by atoms with Crippen molar-refractivity contribution in [1.29, 1.82) is 0 Å². The Balaban J connectivity index is 1.24. The molecule has 0 amide bonds. The van der Waals surface area contributed by atoms with Gasteiger partial charge in [0.1, 0.15) is 11.5 Å². The molecule has 1 N–H and O–H groups in total. The highest BCUT2D eigenvalue weighted by Crippen LogP contribution is 2.25. The van der Waals surface area contributed by atoms with Crippen LogP contribution in [0.1, 0.15) is 28.8 Å². The summed E-state index contributed by atoms with van der Waals surface area (Å²) in [5, 5.41) is 4.27. The molecule has 1 heterocycles. The number of benzene rings is 3. The Kier molecular flexibility index (Phi) is 7.87. The first kappa shape index (κ1) is 23.1. The molecule has 1 unspecified atom stereocenters. The largest absolute Gasteiger partial charge is 0.465 e. The van der Waals surface area contributed by atoms with E-state index in [1.54, 1.807) is 0 Å². The zero-order chi connectivity index (χ0) is 23.0. The number of anilines is 1. The van der Waals surface area contributed by atoms with Crippen LogP contribution >= 0.6 is 11.6 Å². The fraction of sp³-hybridized carbons (Fsp3) is 0.296. The molecule has 3 aromatic carbocycles. The van der Waals surface area contributed by atoms with E-state index in [0.717, 1.165) is 43.4 Å². The van der Waals surface area contributed by atoms with Crippen LogP contribution in [0.4, 0.5) is 5.69 Å². The first-order valence-corrected chi connectivity index (χ1v) is 11.6. The summed E-state index contributed by atoms with van der Waals surface area (Å²) in [5.74, 6) is 1.86. The van der Waals surface area contributed by atoms with Crippen LogP contribution in [-0.2, 0) is 11.3 Å². The molecule has 0 radical (unpaired) electrons. The van der Waals surface area contributed by atoms with Gasteiger partial charge in [-0.15, -0.1) is 0 Å². The fourth-order valence-corrected chi connectivity index (χ4v) is 4.25. The number of rotatable bonds is 8. The van der Waals surface area contributed by atoms with Gasteiger partial charge in [0, 0.05) is 30.3 Å². The molecule has 33 heavy (non-hydrogen) atoms. The molecule has 1 atom stereocenters. The van der Waals surface area contributed by atoms with Crippen LogP contribution in [0.2, 0.25) is 5.02 Å². The maximum absolute atomic E-state index is 11.6. The maximum Gasteiger partial charge on any atom is 0.337 e. The SMILES string of the molecule is COC(=O)c1ccc(CN2CCCC(CNc3ccc(Oc4ccc(Cl)cc4)cc3)C2)cc1. The Morgan fingerprint density at radius 1 is 1.00 bits per heavy atom. The quantitative estimate of drug-likeness (QED) is 0.400. The minimum Gasteiger partial charge on any atom is -0.465 e. The lowest BCUT2D eigenvalue weighted by Crippen LogP contribution is -2.37. The van der Waals surface area contributed by atoms with E-state index in [4.69, 9.17) is 21.1 Å².